The van der Waals surface area contributed by atoms with Gasteiger partial charge in [-0.3, -0.25) is 9.59 Å². The van der Waals surface area contributed by atoms with E-state index in [1.165, 1.54) is 42.7 Å². The summed E-state index contributed by atoms with van der Waals surface area (Å²) >= 11 is 5.83. The molecule has 10 nitrogen and oxygen atoms in total. The molecule has 13 heteroatoms. The highest BCUT2D eigenvalue weighted by atomic mass is 35.5. The lowest BCUT2D eigenvalue weighted by molar-refractivity contribution is 0.102. The number of hydrogen-bond acceptors (Lipinski definition) is 8. The summed E-state index contributed by atoms with van der Waals surface area (Å²) in [5, 5.41) is 8.89. The highest BCUT2D eigenvalue weighted by Gasteiger charge is 2.24. The van der Waals surface area contributed by atoms with E-state index in [1.807, 2.05) is 0 Å². The largest absolute Gasteiger partial charge is 0.488 e. The van der Waals surface area contributed by atoms with Gasteiger partial charge in [-0.25, -0.2) is 18.4 Å². The second-order valence-electron chi connectivity index (χ2n) is 7.96. The highest BCUT2D eigenvalue weighted by Crippen LogP contribution is 2.27. The summed E-state index contributed by atoms with van der Waals surface area (Å²) in [7, 11) is -3.51. The number of nitrogens with one attached hydrogen (secondary N) is 3. The lowest BCUT2D eigenvalue weighted by Crippen LogP contribution is -2.23. The Morgan fingerprint density at radius 1 is 1.14 bits per heavy atom. The molecule has 1 aromatic carbocycles. The van der Waals surface area contributed by atoms with E-state index >= 15 is 0 Å². The van der Waals surface area contributed by atoms with E-state index in [1.54, 1.807) is 19.1 Å². The zero-order valence-electron chi connectivity index (χ0n) is 19.8. The summed E-state index contributed by atoms with van der Waals surface area (Å²) in [6, 6.07) is 10.4. The van der Waals surface area contributed by atoms with Crippen molar-refractivity contribution in [2.75, 3.05) is 29.5 Å². The van der Waals surface area contributed by atoms with Crippen LogP contribution < -0.4 is 20.7 Å². The molecule has 1 aliphatic rings. The number of amides is 2. The van der Waals surface area contributed by atoms with Crippen LogP contribution in [0.4, 0.5) is 11.5 Å². The van der Waals surface area contributed by atoms with E-state index in [0.717, 1.165) is 13.0 Å². The Morgan fingerprint density at radius 2 is 1.95 bits per heavy atom. The minimum Gasteiger partial charge on any atom is -0.488 e. The molecule has 3 N–H and O–H groups in total. The zero-order chi connectivity index (χ0) is 25.7. The van der Waals surface area contributed by atoms with Crippen LogP contribution in [0, 0.1) is 0 Å². The van der Waals surface area contributed by atoms with E-state index in [4.69, 9.17) is 16.3 Å². The molecule has 0 radical (unpaired) electrons. The number of carbonyl (C=O) groups excluding carboxylic acids is 2. The summed E-state index contributed by atoms with van der Waals surface area (Å²) in [4.78, 5) is 34.3. The maximum atomic E-state index is 13.3. The molecule has 1 atom stereocenters. The molecule has 0 spiro atoms. The van der Waals surface area contributed by atoms with Gasteiger partial charge < -0.3 is 20.7 Å². The van der Waals surface area contributed by atoms with Gasteiger partial charge in [0.2, 0.25) is 0 Å². The predicted octanol–water partition coefficient (Wildman–Crippen LogP) is 3.28. The van der Waals surface area contributed by atoms with Gasteiger partial charge >= 0.3 is 0 Å². The van der Waals surface area contributed by atoms with Gasteiger partial charge in [-0.15, -0.1) is 0 Å². The number of sulfone groups is 1. The predicted molar refractivity (Wildman–Crippen MR) is 146 cm³/mol. The van der Waals surface area contributed by atoms with Crippen LogP contribution in [0.25, 0.3) is 0 Å². The van der Waals surface area contributed by atoms with Gasteiger partial charge in [0.05, 0.1) is 26.9 Å². The fraction of sp³-hybridized carbons (Fsp3) is 0.250. The van der Waals surface area contributed by atoms with E-state index < -0.39 is 21.7 Å². The molecule has 1 aliphatic heterocycles. The van der Waals surface area contributed by atoms with Crippen LogP contribution in [-0.2, 0) is 9.84 Å². The van der Waals surface area contributed by atoms with Gasteiger partial charge in [0, 0.05) is 18.9 Å². The van der Waals surface area contributed by atoms with Crippen molar-refractivity contribution < 1.29 is 22.7 Å². The van der Waals surface area contributed by atoms with E-state index in [0.29, 0.717) is 11.6 Å². The van der Waals surface area contributed by atoms with Crippen molar-refractivity contribution in [3.8, 4) is 5.75 Å². The molecule has 0 unspecified atom stereocenters. The molecular formula is C24H26ClN5O5S2. The molecule has 3 heterocycles. The van der Waals surface area contributed by atoms with Crippen molar-refractivity contribution in [2.45, 2.75) is 24.3 Å². The van der Waals surface area contributed by atoms with Crippen molar-refractivity contribution >= 4 is 58.3 Å². The number of benzene rings is 1. The van der Waals surface area contributed by atoms with Crippen LogP contribution in [0.15, 0.2) is 59.8 Å². The highest BCUT2D eigenvalue weighted by molar-refractivity contribution is 7.91. The van der Waals surface area contributed by atoms with Gasteiger partial charge in [0.1, 0.15) is 17.7 Å². The van der Waals surface area contributed by atoms with E-state index in [-0.39, 0.29) is 58.8 Å². The summed E-state index contributed by atoms with van der Waals surface area (Å²) in [6.45, 7) is 2.89. The first-order valence-corrected chi connectivity index (χ1v) is 13.2. The number of nitrogens with zero attached hydrogens (tertiary/aromatic N) is 2. The molecule has 3 aromatic rings. The second-order valence-corrected chi connectivity index (χ2v) is 10.7. The van der Waals surface area contributed by atoms with Gasteiger partial charge in [0.15, 0.2) is 15.5 Å². The molecule has 0 aliphatic carbocycles. The van der Waals surface area contributed by atoms with E-state index in [2.05, 4.69) is 25.9 Å². The number of halogens is 1. The topological polar surface area (TPSA) is 139 Å². The number of rotatable bonds is 8. The normalized spacial score (nSPS) is 14.9. The summed E-state index contributed by atoms with van der Waals surface area (Å²) < 4.78 is 30.8. The van der Waals surface area contributed by atoms with Crippen molar-refractivity contribution in [3.63, 3.8) is 0 Å². The molecule has 1 saturated heterocycles. The zero-order valence-corrected chi connectivity index (χ0v) is 22.4. The van der Waals surface area contributed by atoms with E-state index in [9.17, 15) is 18.0 Å². The Bertz CT molecular complexity index is 1380. The third-order valence-electron chi connectivity index (χ3n) is 5.49. The number of anilines is 2. The van der Waals surface area contributed by atoms with Gasteiger partial charge in [-0.1, -0.05) is 18.5 Å². The van der Waals surface area contributed by atoms with Crippen molar-refractivity contribution in [2.24, 2.45) is 0 Å². The maximum absolute atomic E-state index is 13.3. The van der Waals surface area contributed by atoms with Crippen molar-refractivity contribution in [1.82, 2.24) is 15.3 Å². The molecule has 0 bridgehead atoms. The standard InChI is InChI=1S/C24H24ClN5O5S.H2S/c1-2-36(33,34)17-6-7-18(20(12-17)35-16-9-11-26-14-16)23(31)29-19-4-3-10-27-22(19)24(32)30-21-8-5-15(25)13-28-21;/h3-8,10,12-13,16,26H,2,9,11,14H2,1H3,(H,29,31)(H,28,30,32);1H2/t16-;/m0./s1. The first-order chi connectivity index (χ1) is 17.3. The molecule has 37 heavy (non-hydrogen) atoms. The number of ether oxygens (including phenoxy) is 1. The van der Waals surface area contributed by atoms with Crippen LogP contribution in [0.1, 0.15) is 34.2 Å². The smallest absolute Gasteiger partial charge is 0.277 e. The lowest BCUT2D eigenvalue weighted by Gasteiger charge is -2.17. The fourth-order valence-corrected chi connectivity index (χ4v) is 4.57. The molecule has 196 valence electrons. The molecule has 0 saturated carbocycles. The Morgan fingerprint density at radius 3 is 2.62 bits per heavy atom. The Kier molecular flexibility index (Phi) is 9.49. The average Bonchev–Trinajstić information content (AvgIpc) is 3.38. The first-order valence-electron chi connectivity index (χ1n) is 11.2. The van der Waals surface area contributed by atoms with Crippen molar-refractivity contribution in [1.29, 1.82) is 0 Å². The fourth-order valence-electron chi connectivity index (χ4n) is 3.56. The number of hydrogen-bond donors (Lipinski definition) is 3. The van der Waals surface area contributed by atoms with Gasteiger partial charge in [0.25, 0.3) is 11.8 Å². The quantitative estimate of drug-likeness (QED) is 0.379. The molecule has 1 fully saturated rings. The second kappa shape index (κ2) is 12.4. The Balaban J connectivity index is 0.00000380. The molecule has 4 rings (SSSR count). The third kappa shape index (κ3) is 6.98. The van der Waals surface area contributed by atoms with Crippen LogP contribution >= 0.6 is 25.1 Å². The molecule has 2 aromatic heterocycles. The Labute approximate surface area is 226 Å². The summed E-state index contributed by atoms with van der Waals surface area (Å²) in [5.41, 5.74) is 0.259. The maximum Gasteiger partial charge on any atom is 0.277 e. The number of aromatic nitrogens is 2. The summed E-state index contributed by atoms with van der Waals surface area (Å²) in [6.07, 6.45) is 3.33. The van der Waals surface area contributed by atoms with Gasteiger partial charge in [-0.2, -0.15) is 13.5 Å². The van der Waals surface area contributed by atoms with Crippen LogP contribution in [0.2, 0.25) is 5.02 Å². The molecular weight excluding hydrogens is 538 g/mol. The van der Waals surface area contributed by atoms with Crippen LogP contribution in [-0.4, -0.2) is 55.1 Å². The third-order valence-corrected chi connectivity index (χ3v) is 7.44. The van der Waals surface area contributed by atoms with Crippen LogP contribution in [0.5, 0.6) is 5.75 Å². The lowest BCUT2D eigenvalue weighted by atomic mass is 10.1. The van der Waals surface area contributed by atoms with Crippen LogP contribution in [0.3, 0.4) is 0 Å². The van der Waals surface area contributed by atoms with Crippen molar-refractivity contribution in [3.05, 3.63) is 71.1 Å². The first kappa shape index (κ1) is 28.4. The minimum atomic E-state index is -3.51. The minimum absolute atomic E-state index is 0. The number of carbonyl (C=O) groups is 2. The van der Waals surface area contributed by atoms with Gasteiger partial charge in [-0.05, 0) is 55.4 Å². The monoisotopic (exact) mass is 563 g/mol. The SMILES string of the molecule is CCS(=O)(=O)c1ccc(C(=O)Nc2cccnc2C(=O)Nc2ccc(Cl)cn2)c(O[C@H]2CCNC2)c1.S. The number of pyridine rings is 2. The average molecular weight is 564 g/mol. The summed E-state index contributed by atoms with van der Waals surface area (Å²) in [5.74, 6) is -0.835. The molecule has 2 amide bonds. The Hall–Kier alpha value is -3.19.